The summed E-state index contributed by atoms with van der Waals surface area (Å²) in [4.78, 5) is 0.561. The number of halogens is 4. The summed E-state index contributed by atoms with van der Waals surface area (Å²) < 4.78 is 56.1. The van der Waals surface area contributed by atoms with Crippen LogP contribution in [0.2, 0.25) is 0 Å². The Morgan fingerprint density at radius 1 is 1.36 bits per heavy atom. The molecule has 1 unspecified atom stereocenters. The van der Waals surface area contributed by atoms with Crippen LogP contribution in [-0.4, -0.2) is 43.4 Å². The normalized spacial score (nSPS) is 22.0. The Morgan fingerprint density at radius 3 is 2.29 bits per heavy atom. The highest BCUT2D eigenvalue weighted by atomic mass is 19.3. The van der Waals surface area contributed by atoms with Crippen LogP contribution < -0.4 is 0 Å². The number of rotatable bonds is 3. The van der Waals surface area contributed by atoms with Crippen molar-refractivity contribution in [3.8, 4) is 0 Å². The van der Waals surface area contributed by atoms with Gasteiger partial charge >= 0.3 is 6.05 Å². The first-order valence-corrected chi connectivity index (χ1v) is 4.15. The van der Waals surface area contributed by atoms with E-state index in [0.29, 0.717) is 4.90 Å². The molecule has 0 aromatic rings. The molecule has 6 heteroatoms. The molecule has 1 aliphatic rings. The molecule has 0 saturated carbocycles. The van der Waals surface area contributed by atoms with Crippen molar-refractivity contribution in [1.29, 1.82) is 0 Å². The zero-order valence-corrected chi connectivity index (χ0v) is 7.48. The van der Waals surface area contributed by atoms with Gasteiger partial charge in [0.25, 0.3) is 0 Å². The number of ether oxygens (including phenoxy) is 1. The Labute approximate surface area is 79.1 Å². The standard InChI is InChI=1S/C8H11F4NO/c1-6(9)7(10)8(11,12)13-2-4-14-5-3-13/h7H,1-5H2. The van der Waals surface area contributed by atoms with Crippen molar-refractivity contribution in [2.24, 2.45) is 0 Å². The molecule has 0 N–H and O–H groups in total. The molecule has 82 valence electrons. The van der Waals surface area contributed by atoms with Gasteiger partial charge in [0.2, 0.25) is 6.17 Å². The van der Waals surface area contributed by atoms with Crippen LogP contribution >= 0.6 is 0 Å². The molecule has 0 aromatic carbocycles. The van der Waals surface area contributed by atoms with Gasteiger partial charge in [-0.25, -0.2) is 13.7 Å². The topological polar surface area (TPSA) is 12.5 Å². The fourth-order valence-corrected chi connectivity index (χ4v) is 1.21. The van der Waals surface area contributed by atoms with Crippen molar-refractivity contribution < 1.29 is 22.3 Å². The largest absolute Gasteiger partial charge is 0.379 e. The predicted octanol–water partition coefficient (Wildman–Crippen LogP) is 1.73. The summed E-state index contributed by atoms with van der Waals surface area (Å²) in [6.45, 7) is 2.51. The minimum Gasteiger partial charge on any atom is -0.379 e. The van der Waals surface area contributed by atoms with Gasteiger partial charge in [-0.2, -0.15) is 8.78 Å². The van der Waals surface area contributed by atoms with Crippen molar-refractivity contribution >= 4 is 0 Å². The van der Waals surface area contributed by atoms with Crippen LogP contribution in [-0.2, 0) is 4.74 Å². The molecule has 0 amide bonds. The Morgan fingerprint density at radius 2 is 1.86 bits per heavy atom. The molecule has 1 rings (SSSR count). The number of morpholine rings is 1. The maximum atomic E-state index is 13.1. The third-order valence-corrected chi connectivity index (χ3v) is 2.01. The molecule has 1 aliphatic heterocycles. The van der Waals surface area contributed by atoms with E-state index >= 15 is 0 Å². The zero-order valence-electron chi connectivity index (χ0n) is 7.48. The van der Waals surface area contributed by atoms with Crippen LogP contribution in [0.5, 0.6) is 0 Å². The van der Waals surface area contributed by atoms with E-state index in [1.54, 1.807) is 0 Å². The first-order chi connectivity index (χ1) is 6.46. The summed E-state index contributed by atoms with van der Waals surface area (Å²) in [6.07, 6.45) is -2.97. The molecular formula is C8H11F4NO. The Hall–Kier alpha value is -0.620. The lowest BCUT2D eigenvalue weighted by Crippen LogP contribution is -2.53. The molecule has 0 aromatic heterocycles. The summed E-state index contributed by atoms with van der Waals surface area (Å²) >= 11 is 0. The Bertz CT molecular complexity index is 215. The van der Waals surface area contributed by atoms with Crippen LogP contribution in [0.3, 0.4) is 0 Å². The van der Waals surface area contributed by atoms with Crippen molar-refractivity contribution in [3.63, 3.8) is 0 Å². The average molecular weight is 213 g/mol. The van der Waals surface area contributed by atoms with Crippen molar-refractivity contribution in [3.05, 3.63) is 12.4 Å². The second-order valence-electron chi connectivity index (χ2n) is 3.00. The Balaban J connectivity index is 2.66. The maximum Gasteiger partial charge on any atom is 0.342 e. The first-order valence-electron chi connectivity index (χ1n) is 4.15. The quantitative estimate of drug-likeness (QED) is 0.523. The van der Waals surface area contributed by atoms with Gasteiger partial charge in [0.05, 0.1) is 13.2 Å². The fourth-order valence-electron chi connectivity index (χ4n) is 1.21. The highest BCUT2D eigenvalue weighted by Crippen LogP contribution is 2.31. The van der Waals surface area contributed by atoms with E-state index in [0.717, 1.165) is 0 Å². The second-order valence-corrected chi connectivity index (χ2v) is 3.00. The fraction of sp³-hybridized carbons (Fsp3) is 0.750. The van der Waals surface area contributed by atoms with E-state index in [9.17, 15) is 17.6 Å². The number of alkyl halides is 3. The summed E-state index contributed by atoms with van der Waals surface area (Å²) in [6, 6.07) is -3.84. The molecule has 0 spiro atoms. The van der Waals surface area contributed by atoms with E-state index in [1.807, 2.05) is 0 Å². The molecule has 1 fully saturated rings. The summed E-state index contributed by atoms with van der Waals surface area (Å²) in [5, 5.41) is 0. The van der Waals surface area contributed by atoms with Crippen LogP contribution in [0, 0.1) is 0 Å². The van der Waals surface area contributed by atoms with E-state index in [2.05, 4.69) is 6.58 Å². The minimum atomic E-state index is -3.84. The number of hydrogen-bond acceptors (Lipinski definition) is 2. The first kappa shape index (κ1) is 11.5. The number of hydrogen-bond donors (Lipinski definition) is 0. The average Bonchev–Trinajstić information content (AvgIpc) is 2.18. The molecule has 0 bridgehead atoms. The van der Waals surface area contributed by atoms with E-state index in [1.165, 1.54) is 0 Å². The molecule has 1 heterocycles. The smallest absolute Gasteiger partial charge is 0.342 e. The van der Waals surface area contributed by atoms with Gasteiger partial charge in [0.15, 0.2) is 0 Å². The minimum absolute atomic E-state index is 0.0983. The summed E-state index contributed by atoms with van der Waals surface area (Å²) in [7, 11) is 0. The van der Waals surface area contributed by atoms with E-state index in [-0.39, 0.29) is 26.3 Å². The SMILES string of the molecule is C=C(F)C(F)C(F)(F)N1CCOCC1. The monoisotopic (exact) mass is 213 g/mol. The van der Waals surface area contributed by atoms with Crippen molar-refractivity contribution in [2.45, 2.75) is 12.2 Å². The van der Waals surface area contributed by atoms with E-state index in [4.69, 9.17) is 4.74 Å². The lowest BCUT2D eigenvalue weighted by Gasteiger charge is -2.34. The number of nitrogens with zero attached hydrogens (tertiary/aromatic N) is 1. The van der Waals surface area contributed by atoms with Gasteiger partial charge in [0, 0.05) is 13.1 Å². The maximum absolute atomic E-state index is 13.1. The van der Waals surface area contributed by atoms with Crippen molar-refractivity contribution in [2.75, 3.05) is 26.3 Å². The van der Waals surface area contributed by atoms with E-state index < -0.39 is 18.0 Å². The second kappa shape index (κ2) is 4.27. The van der Waals surface area contributed by atoms with Gasteiger partial charge in [-0.05, 0) is 0 Å². The Kier molecular flexibility index (Phi) is 3.49. The molecule has 14 heavy (non-hydrogen) atoms. The third kappa shape index (κ3) is 2.24. The van der Waals surface area contributed by atoms with Crippen LogP contribution in [0.15, 0.2) is 12.4 Å². The third-order valence-electron chi connectivity index (χ3n) is 2.01. The molecule has 0 aliphatic carbocycles. The van der Waals surface area contributed by atoms with Crippen LogP contribution in [0.25, 0.3) is 0 Å². The molecule has 0 radical (unpaired) electrons. The molecular weight excluding hydrogens is 202 g/mol. The zero-order chi connectivity index (χ0) is 10.8. The lowest BCUT2D eigenvalue weighted by molar-refractivity contribution is -0.204. The van der Waals surface area contributed by atoms with Gasteiger partial charge < -0.3 is 4.74 Å². The highest BCUT2D eigenvalue weighted by molar-refractivity contribution is 4.98. The lowest BCUT2D eigenvalue weighted by atomic mass is 10.2. The predicted molar refractivity (Wildman–Crippen MR) is 42.5 cm³/mol. The summed E-state index contributed by atoms with van der Waals surface area (Å²) in [5.41, 5.74) is 0. The molecule has 1 atom stereocenters. The highest BCUT2D eigenvalue weighted by Gasteiger charge is 2.48. The van der Waals surface area contributed by atoms with Gasteiger partial charge in [0.1, 0.15) is 5.83 Å². The van der Waals surface area contributed by atoms with Gasteiger partial charge in [-0.3, -0.25) is 0 Å². The van der Waals surface area contributed by atoms with Crippen LogP contribution in [0.4, 0.5) is 17.6 Å². The molecule has 2 nitrogen and oxygen atoms in total. The van der Waals surface area contributed by atoms with Gasteiger partial charge in [-0.15, -0.1) is 0 Å². The summed E-state index contributed by atoms with van der Waals surface area (Å²) in [5.74, 6) is -1.65. The molecule has 1 saturated heterocycles. The van der Waals surface area contributed by atoms with Gasteiger partial charge in [-0.1, -0.05) is 6.58 Å². The van der Waals surface area contributed by atoms with Crippen LogP contribution in [0.1, 0.15) is 0 Å². The van der Waals surface area contributed by atoms with Crippen molar-refractivity contribution in [1.82, 2.24) is 4.90 Å².